The highest BCUT2D eigenvalue weighted by molar-refractivity contribution is 6.44. The van der Waals surface area contributed by atoms with Crippen molar-refractivity contribution in [3.05, 3.63) is 191 Å². The third kappa shape index (κ3) is 33.2. The van der Waals surface area contributed by atoms with E-state index in [0.717, 1.165) is 73.6 Å². The van der Waals surface area contributed by atoms with Crippen molar-refractivity contribution in [1.29, 1.82) is 0 Å². The zero-order valence-electron chi connectivity index (χ0n) is 74.6. The van der Waals surface area contributed by atoms with Crippen molar-refractivity contribution in [3.8, 4) is 40.2 Å². The van der Waals surface area contributed by atoms with Crippen LogP contribution in [-0.4, -0.2) is 90.6 Å². The Morgan fingerprint density at radius 1 is 0.403 bits per heavy atom. The van der Waals surface area contributed by atoms with Crippen molar-refractivity contribution in [3.63, 3.8) is 0 Å². The number of amides is 4. The molecule has 4 unspecified atom stereocenters. The van der Waals surface area contributed by atoms with Gasteiger partial charge in [0, 0.05) is 27.5 Å². The van der Waals surface area contributed by atoms with Gasteiger partial charge in [0.15, 0.2) is 35.4 Å². The molecule has 23 nitrogen and oxygen atoms in total. The first-order chi connectivity index (χ1) is 62.4. The number of methoxy groups -OCH3 is 2. The van der Waals surface area contributed by atoms with E-state index in [4.69, 9.17) is 126 Å². The molecule has 8 aromatic carbocycles. The molecule has 31 heteroatoms. The number of amidine groups is 2. The number of ether oxygens (including phenoxy) is 5. The maximum atomic E-state index is 14.2. The number of unbranched alkanes of at least 4 members (excludes halogenated alkanes) is 27. The van der Waals surface area contributed by atoms with Crippen LogP contribution in [0.3, 0.4) is 0 Å². The number of nitrogens with one attached hydrogen (secondary N) is 4. The predicted octanol–water partition coefficient (Wildman–Crippen LogP) is 29.8. The second kappa shape index (κ2) is 55.1. The molecule has 0 saturated carbocycles. The molecule has 6 N–H and O–H groups in total. The summed E-state index contributed by atoms with van der Waals surface area (Å²) in [6.07, 6.45) is 35.1. The van der Waals surface area contributed by atoms with E-state index < -0.39 is 36.1 Å². The van der Waals surface area contributed by atoms with Crippen LogP contribution in [0.2, 0.25) is 40.2 Å². The zero-order chi connectivity index (χ0) is 92.6. The second-order valence-electron chi connectivity index (χ2n) is 32.2. The van der Waals surface area contributed by atoms with Gasteiger partial charge < -0.3 is 44.5 Å². The van der Waals surface area contributed by atoms with Crippen LogP contribution < -0.4 is 55.2 Å². The molecule has 2 aliphatic rings. The van der Waals surface area contributed by atoms with Crippen LogP contribution >= 0.6 is 92.8 Å². The minimum absolute atomic E-state index is 0.0431. The fourth-order valence-corrected chi connectivity index (χ4v) is 16.9. The number of carbonyl (C=O) groups excluding carboxylic acids is 4. The van der Waals surface area contributed by atoms with Crippen LogP contribution in [0.4, 0.5) is 45.5 Å². The number of benzene rings is 8. The highest BCUT2D eigenvalue weighted by Gasteiger charge is 2.43. The van der Waals surface area contributed by atoms with Crippen LogP contribution in [0, 0.1) is 13.8 Å². The third-order valence-corrected chi connectivity index (χ3v) is 24.1. The van der Waals surface area contributed by atoms with E-state index in [-0.39, 0.29) is 92.9 Å². The number of nitrogens with zero attached hydrogens (tertiary/aromatic N) is 8. The molecule has 2 aliphatic heterocycles. The van der Waals surface area contributed by atoms with Gasteiger partial charge in [-0.25, -0.2) is 20.0 Å². The maximum Gasteiger partial charge on any atom is 0.280 e. The molecule has 8 aromatic rings. The van der Waals surface area contributed by atoms with Crippen molar-refractivity contribution in [2.75, 3.05) is 41.5 Å². The summed E-state index contributed by atoms with van der Waals surface area (Å²) >= 11 is 52.0. The van der Waals surface area contributed by atoms with Crippen LogP contribution in [0.1, 0.15) is 237 Å². The number of azo groups is 2. The Hall–Kier alpha value is -9.30. The molecule has 694 valence electrons. The van der Waals surface area contributed by atoms with Gasteiger partial charge in [-0.2, -0.15) is 20.5 Å². The molecule has 0 spiro atoms. The van der Waals surface area contributed by atoms with Crippen LogP contribution in [0.25, 0.3) is 0 Å². The zero-order valence-corrected chi connectivity index (χ0v) is 80.6. The van der Waals surface area contributed by atoms with Gasteiger partial charge in [-0.1, -0.05) is 287 Å². The summed E-state index contributed by atoms with van der Waals surface area (Å²) in [6.45, 7) is 10.9. The largest absolute Gasteiger partial charge is 0.508 e. The van der Waals surface area contributed by atoms with Crippen molar-refractivity contribution < 1.29 is 53.1 Å². The highest BCUT2D eigenvalue weighted by Crippen LogP contribution is 2.42. The number of phenols is 2. The number of aryl methyl sites for hydroxylation is 2. The Bertz CT molecular complexity index is 5060. The Morgan fingerprint density at radius 3 is 1.12 bits per heavy atom. The van der Waals surface area contributed by atoms with Crippen molar-refractivity contribution in [2.24, 2.45) is 30.4 Å². The van der Waals surface area contributed by atoms with Gasteiger partial charge in [0.05, 0.1) is 73.7 Å². The summed E-state index contributed by atoms with van der Waals surface area (Å²) in [5.74, 6) is 1.10. The Labute approximate surface area is 799 Å². The summed E-state index contributed by atoms with van der Waals surface area (Å²) in [4.78, 5) is 65.5. The Balaban J connectivity index is 0.000000294. The van der Waals surface area contributed by atoms with E-state index in [1.165, 1.54) is 173 Å². The topological polar surface area (TPSA) is 284 Å². The number of phenolic OH excluding ortho intramolecular Hbond substituents is 2. The number of aliphatic imine (C=N–C) groups is 2. The molecule has 0 aromatic heterocycles. The molecule has 0 aliphatic carbocycles. The molecule has 129 heavy (non-hydrogen) atoms. The van der Waals surface area contributed by atoms with E-state index in [2.05, 4.69) is 62.7 Å². The van der Waals surface area contributed by atoms with E-state index in [9.17, 15) is 29.4 Å². The average molecular weight is 1930 g/mol. The van der Waals surface area contributed by atoms with Gasteiger partial charge in [0.2, 0.25) is 12.1 Å². The van der Waals surface area contributed by atoms with Crippen molar-refractivity contribution >= 4 is 174 Å². The van der Waals surface area contributed by atoms with E-state index in [0.29, 0.717) is 81.3 Å². The monoisotopic (exact) mass is 1920 g/mol. The van der Waals surface area contributed by atoms with Gasteiger partial charge in [-0.15, -0.1) is 0 Å². The van der Waals surface area contributed by atoms with E-state index in [1.54, 1.807) is 117 Å². The average Bonchev–Trinajstić information content (AvgIpc) is 1.63. The van der Waals surface area contributed by atoms with Gasteiger partial charge in [0.25, 0.3) is 23.6 Å². The summed E-state index contributed by atoms with van der Waals surface area (Å²) in [5, 5.41) is 47.5. The Kier molecular flexibility index (Phi) is 44.2. The number of anilines is 4. The fourth-order valence-electron chi connectivity index (χ4n) is 14.6. The SMILES string of the molecule is CCCCCCCCCCCCC(Oc1ccc(O)c(C)c1)C(=O)Nc1ccc(Cl)c(N=C2NN(c3c(Cl)cc(Cl)cc3Cl)C(=O)C2N=Nc2ccc(OC)c(OC)c2)c1.CCCCCCCCCCCCOc1ccc(N=NC2C(=O)N(c3c(Cl)cc(Cl)cc3Cl)NC2=Nc2cc(NC(=O)C(CCCCCCCCCCCC)Oc3ccc(O)c(C)c3)ccc2Cl)cc1. The minimum Gasteiger partial charge on any atom is -0.508 e. The smallest absolute Gasteiger partial charge is 0.280 e. The lowest BCUT2D eigenvalue weighted by Gasteiger charge is -2.20. The second-order valence-corrected chi connectivity index (χ2v) is 35.5. The number of hydrogen-bond donors (Lipinski definition) is 6. The molecule has 0 radical (unpaired) electrons. The molecular formula is C98H120Cl8N12O11. The number of halogens is 8. The van der Waals surface area contributed by atoms with Gasteiger partial charge >= 0.3 is 0 Å². The van der Waals surface area contributed by atoms with Crippen LogP contribution in [-0.2, 0) is 19.2 Å². The lowest BCUT2D eigenvalue weighted by atomic mass is 10.0. The summed E-state index contributed by atoms with van der Waals surface area (Å²) in [6, 6.07) is 34.9. The standard InChI is InChI=1S/C54H70Cl4N6O5.C44H50Cl4N6O6/c1-4-6-8-10-12-14-16-18-20-22-24-49(69-43-30-32-48(65)38(3)34-43)53(66)59-41-27-31-44(56)47(37-41)60-52-50(54(67)64(63-52)51-45(57)35-39(55)36-46(51)58)62-61-40-25-28-42(29-26-40)68-33-23-21-19-17-15-13-11-9-7-5-2;1-5-6-7-8-9-10-11-12-13-14-15-38(60-31-18-20-36(55)27(2)22-31)43(56)49-29-16-19-32(46)35(25-29)50-42-40(52-51-30-17-21-37(58-3)39(26-30)59-4)44(57)54(53-42)41-33(47)23-28(45)24-34(41)48/h25-32,34-37,49-50,65H,4-24,33H2,1-3H3,(H,59,66)(H,60,63);16-26,38,40,55H,5-15H2,1-4H3,(H,49,56)(H,50,53). The third-order valence-electron chi connectivity index (χ3n) is 21.9. The van der Waals surface area contributed by atoms with Gasteiger partial charge in [-0.05, 0) is 191 Å². The normalized spacial score (nSPS) is 14.9. The first-order valence-corrected chi connectivity index (χ1v) is 48.0. The van der Waals surface area contributed by atoms with Gasteiger partial charge in [0.1, 0.15) is 40.1 Å². The van der Waals surface area contributed by atoms with Crippen molar-refractivity contribution in [2.45, 2.75) is 264 Å². The van der Waals surface area contributed by atoms with E-state index in [1.807, 2.05) is 12.1 Å². The highest BCUT2D eigenvalue weighted by atomic mass is 35.5. The number of aromatic hydroxyl groups is 2. The number of carbonyl (C=O) groups is 4. The molecule has 2 heterocycles. The first kappa shape index (κ1) is 103. The lowest BCUT2D eigenvalue weighted by Crippen LogP contribution is -2.36. The van der Waals surface area contributed by atoms with E-state index >= 15 is 0 Å². The van der Waals surface area contributed by atoms with Crippen LogP contribution in [0.5, 0.6) is 40.2 Å². The minimum atomic E-state index is -1.30. The summed E-state index contributed by atoms with van der Waals surface area (Å²) in [7, 11) is 3.01. The molecule has 4 amide bonds. The molecule has 2 saturated heterocycles. The summed E-state index contributed by atoms with van der Waals surface area (Å²) in [5.41, 5.74) is 9.66. The first-order valence-electron chi connectivity index (χ1n) is 45.0. The molecule has 0 bridgehead atoms. The number of rotatable bonds is 52. The maximum absolute atomic E-state index is 14.2. The quantitative estimate of drug-likeness (QED) is 0.0153. The molecule has 2 fully saturated rings. The number of hydrogen-bond acceptors (Lipinski definition) is 17. The molecule has 4 atom stereocenters. The van der Waals surface area contributed by atoms with Crippen LogP contribution in [0.15, 0.2) is 170 Å². The number of hydrazine groups is 2. The molecule has 10 rings (SSSR count). The summed E-state index contributed by atoms with van der Waals surface area (Å²) < 4.78 is 29.2. The molecular weight excluding hydrogens is 1800 g/mol. The van der Waals surface area contributed by atoms with Gasteiger partial charge in [-0.3, -0.25) is 30.0 Å². The fraction of sp³-hybridized carbons (Fsp3) is 0.449. The van der Waals surface area contributed by atoms with Crippen molar-refractivity contribution in [1.82, 2.24) is 10.9 Å². The Morgan fingerprint density at radius 2 is 0.752 bits per heavy atom. The predicted molar refractivity (Wildman–Crippen MR) is 526 cm³/mol. The lowest BCUT2D eigenvalue weighted by molar-refractivity contribution is -0.123.